The predicted octanol–water partition coefficient (Wildman–Crippen LogP) is 3.10. The van der Waals surface area contributed by atoms with Crippen LogP contribution in [0.1, 0.15) is 39.7 Å². The number of halogens is 1. The molecule has 1 fully saturated rings. The van der Waals surface area contributed by atoms with Gasteiger partial charge in [-0.05, 0) is 51.8 Å². The molecule has 1 saturated heterocycles. The van der Waals surface area contributed by atoms with Crippen molar-refractivity contribution in [3.8, 4) is 11.5 Å². The van der Waals surface area contributed by atoms with Crippen LogP contribution in [0, 0.1) is 0 Å². The maximum absolute atomic E-state index is 12.0. The van der Waals surface area contributed by atoms with E-state index in [2.05, 4.69) is 15.5 Å². The third-order valence-electron chi connectivity index (χ3n) is 4.39. The second-order valence-electron chi connectivity index (χ2n) is 7.94. The third-order valence-corrected chi connectivity index (χ3v) is 4.39. The summed E-state index contributed by atoms with van der Waals surface area (Å²) in [6.45, 7) is 10.7. The largest absolute Gasteiger partial charge is 0.454 e. The molecule has 2 aliphatic rings. The van der Waals surface area contributed by atoms with E-state index in [0.717, 1.165) is 42.5 Å². The fourth-order valence-electron chi connectivity index (χ4n) is 3.18. The third kappa shape index (κ3) is 6.83. The summed E-state index contributed by atoms with van der Waals surface area (Å²) in [5.74, 6) is 2.38. The first-order valence-corrected chi connectivity index (χ1v) is 9.75. The van der Waals surface area contributed by atoms with Crippen molar-refractivity contribution < 1.29 is 19.0 Å². The number of likely N-dealkylation sites (tertiary alicyclic amines) is 1. The van der Waals surface area contributed by atoms with E-state index in [1.54, 1.807) is 0 Å². The minimum atomic E-state index is -0.497. The van der Waals surface area contributed by atoms with Gasteiger partial charge in [0.2, 0.25) is 6.79 Å². The molecule has 1 amide bonds. The Morgan fingerprint density at radius 3 is 2.79 bits per heavy atom. The molecule has 0 bridgehead atoms. The van der Waals surface area contributed by atoms with E-state index in [1.165, 1.54) is 0 Å². The van der Waals surface area contributed by atoms with Gasteiger partial charge in [-0.15, -0.1) is 24.0 Å². The number of aliphatic imine (C=N–C) groups is 1. The highest BCUT2D eigenvalue weighted by molar-refractivity contribution is 14.0. The highest BCUT2D eigenvalue weighted by atomic mass is 127. The van der Waals surface area contributed by atoms with Crippen molar-refractivity contribution in [3.05, 3.63) is 23.8 Å². The predicted molar refractivity (Wildman–Crippen MR) is 122 cm³/mol. The molecule has 0 radical (unpaired) electrons. The van der Waals surface area contributed by atoms with Gasteiger partial charge in [-0.25, -0.2) is 9.79 Å². The zero-order chi connectivity index (χ0) is 20.1. The van der Waals surface area contributed by atoms with Crippen LogP contribution in [0.2, 0.25) is 0 Å². The van der Waals surface area contributed by atoms with Crippen LogP contribution >= 0.6 is 24.0 Å². The molecule has 9 heteroatoms. The van der Waals surface area contributed by atoms with E-state index in [9.17, 15) is 4.79 Å². The Balaban J connectivity index is 0.00000300. The maximum Gasteiger partial charge on any atom is 0.407 e. The molecular weight excluding hydrogens is 487 g/mol. The van der Waals surface area contributed by atoms with Crippen LogP contribution in [0.4, 0.5) is 4.79 Å². The Morgan fingerprint density at radius 2 is 2.07 bits per heavy atom. The number of hydrogen-bond donors (Lipinski definition) is 2. The molecule has 162 valence electrons. The minimum Gasteiger partial charge on any atom is -0.454 e. The molecular formula is C20H31IN4O4. The molecule has 29 heavy (non-hydrogen) atoms. The topological polar surface area (TPSA) is 84.4 Å². The van der Waals surface area contributed by atoms with Crippen molar-refractivity contribution in [1.82, 2.24) is 15.5 Å². The molecule has 3 rings (SSSR count). The summed E-state index contributed by atoms with van der Waals surface area (Å²) in [4.78, 5) is 18.9. The van der Waals surface area contributed by atoms with Gasteiger partial charge in [-0.2, -0.15) is 0 Å². The Kier molecular flexibility index (Phi) is 8.23. The number of alkyl carbamates (subject to hydrolysis) is 1. The van der Waals surface area contributed by atoms with Crippen LogP contribution in [0.5, 0.6) is 11.5 Å². The van der Waals surface area contributed by atoms with Crippen molar-refractivity contribution >= 4 is 36.0 Å². The van der Waals surface area contributed by atoms with Gasteiger partial charge >= 0.3 is 6.09 Å². The Bertz CT molecular complexity index is 736. The van der Waals surface area contributed by atoms with Gasteiger partial charge < -0.3 is 29.7 Å². The van der Waals surface area contributed by atoms with Crippen LogP contribution in [0.3, 0.4) is 0 Å². The standard InChI is InChI=1S/C20H30N4O4.HI/c1-5-21-18(22-11-14-6-7-16-17(10-14)27-13-26-16)24-9-8-15(12-24)23-19(25)28-20(2,3)4;/h6-7,10,15H,5,8-9,11-13H2,1-4H3,(H,21,22)(H,23,25);1H. The molecule has 2 heterocycles. The maximum atomic E-state index is 12.0. The number of nitrogens with one attached hydrogen (secondary N) is 2. The highest BCUT2D eigenvalue weighted by Crippen LogP contribution is 2.32. The second-order valence-corrected chi connectivity index (χ2v) is 7.94. The van der Waals surface area contributed by atoms with Crippen molar-refractivity contribution in [2.24, 2.45) is 4.99 Å². The summed E-state index contributed by atoms with van der Waals surface area (Å²) >= 11 is 0. The number of benzene rings is 1. The molecule has 2 aliphatic heterocycles. The van der Waals surface area contributed by atoms with Gasteiger partial charge in [0.1, 0.15) is 5.60 Å². The lowest BCUT2D eigenvalue weighted by Gasteiger charge is -2.23. The molecule has 2 N–H and O–H groups in total. The number of fused-ring (bicyclic) bond motifs is 1. The molecule has 1 aromatic carbocycles. The van der Waals surface area contributed by atoms with Crippen LogP contribution in [0.15, 0.2) is 23.2 Å². The minimum absolute atomic E-state index is 0. The lowest BCUT2D eigenvalue weighted by atomic mass is 10.2. The quantitative estimate of drug-likeness (QED) is 0.362. The monoisotopic (exact) mass is 518 g/mol. The van der Waals surface area contributed by atoms with Crippen molar-refractivity contribution in [2.45, 2.75) is 52.3 Å². The number of amides is 1. The van der Waals surface area contributed by atoms with Gasteiger partial charge in [0, 0.05) is 19.6 Å². The molecule has 0 spiro atoms. The van der Waals surface area contributed by atoms with Crippen molar-refractivity contribution in [3.63, 3.8) is 0 Å². The molecule has 1 unspecified atom stereocenters. The summed E-state index contributed by atoms with van der Waals surface area (Å²) in [5.41, 5.74) is 0.561. The van der Waals surface area contributed by atoms with E-state index in [4.69, 9.17) is 19.2 Å². The van der Waals surface area contributed by atoms with E-state index in [1.807, 2.05) is 45.9 Å². The molecule has 1 aromatic rings. The van der Waals surface area contributed by atoms with Crippen molar-refractivity contribution in [2.75, 3.05) is 26.4 Å². The fourth-order valence-corrected chi connectivity index (χ4v) is 3.18. The number of hydrogen-bond acceptors (Lipinski definition) is 5. The number of guanidine groups is 1. The number of rotatable bonds is 4. The van der Waals surface area contributed by atoms with Crippen molar-refractivity contribution in [1.29, 1.82) is 0 Å². The van der Waals surface area contributed by atoms with Gasteiger partial charge in [-0.1, -0.05) is 6.07 Å². The zero-order valence-electron chi connectivity index (χ0n) is 17.5. The Labute approximate surface area is 189 Å². The zero-order valence-corrected chi connectivity index (χ0v) is 19.8. The number of carbonyl (C=O) groups is 1. The normalized spacial score (nSPS) is 18.3. The van der Waals surface area contributed by atoms with Gasteiger partial charge in [0.05, 0.1) is 12.6 Å². The van der Waals surface area contributed by atoms with Gasteiger partial charge in [0.25, 0.3) is 0 Å². The molecule has 8 nitrogen and oxygen atoms in total. The summed E-state index contributed by atoms with van der Waals surface area (Å²) in [6.07, 6.45) is 0.481. The summed E-state index contributed by atoms with van der Waals surface area (Å²) in [7, 11) is 0. The average molecular weight is 518 g/mol. The molecule has 0 aromatic heterocycles. The van der Waals surface area contributed by atoms with Gasteiger partial charge in [-0.3, -0.25) is 0 Å². The van der Waals surface area contributed by atoms with E-state index >= 15 is 0 Å². The van der Waals surface area contributed by atoms with Crippen LogP contribution in [0.25, 0.3) is 0 Å². The first-order chi connectivity index (χ1) is 13.3. The van der Waals surface area contributed by atoms with Gasteiger partial charge in [0.15, 0.2) is 17.5 Å². The molecule has 0 saturated carbocycles. The Hall–Kier alpha value is -1.91. The van der Waals surface area contributed by atoms with Crippen LogP contribution in [-0.2, 0) is 11.3 Å². The number of ether oxygens (including phenoxy) is 3. The summed E-state index contributed by atoms with van der Waals surface area (Å²) in [5, 5.41) is 6.28. The summed E-state index contributed by atoms with van der Waals surface area (Å²) in [6, 6.07) is 5.92. The van der Waals surface area contributed by atoms with E-state index in [0.29, 0.717) is 13.1 Å². The first-order valence-electron chi connectivity index (χ1n) is 9.75. The highest BCUT2D eigenvalue weighted by Gasteiger charge is 2.27. The second kappa shape index (κ2) is 10.2. The van der Waals surface area contributed by atoms with E-state index in [-0.39, 0.29) is 42.9 Å². The number of nitrogens with zero attached hydrogens (tertiary/aromatic N) is 2. The Morgan fingerprint density at radius 1 is 1.31 bits per heavy atom. The lowest BCUT2D eigenvalue weighted by Crippen LogP contribution is -2.44. The molecule has 1 atom stereocenters. The van der Waals surface area contributed by atoms with Crippen LogP contribution < -0.4 is 20.1 Å². The SMILES string of the molecule is CCNC(=NCc1ccc2c(c1)OCO2)N1CCC(NC(=O)OC(C)(C)C)C1.I. The number of carbonyl (C=O) groups excluding carboxylic acids is 1. The molecule has 0 aliphatic carbocycles. The van der Waals surface area contributed by atoms with E-state index < -0.39 is 5.60 Å². The fraction of sp³-hybridized carbons (Fsp3) is 0.600. The van der Waals surface area contributed by atoms with Crippen LogP contribution in [-0.4, -0.2) is 55.0 Å². The first kappa shape index (κ1) is 23.4. The average Bonchev–Trinajstić information content (AvgIpc) is 3.25. The smallest absolute Gasteiger partial charge is 0.407 e. The summed E-state index contributed by atoms with van der Waals surface area (Å²) < 4.78 is 16.1. The lowest BCUT2D eigenvalue weighted by molar-refractivity contribution is 0.0507.